The van der Waals surface area contributed by atoms with Gasteiger partial charge in [0.2, 0.25) is 0 Å². The van der Waals surface area contributed by atoms with Gasteiger partial charge in [0.1, 0.15) is 0 Å². The molecule has 1 aromatic rings. The average Bonchev–Trinajstić information content (AvgIpc) is 2.31. The number of hydrogen-bond acceptors (Lipinski definition) is 2. The molecule has 1 aliphatic rings. The Kier molecular flexibility index (Phi) is 4.22. The molecule has 0 N–H and O–H groups in total. The molecule has 1 unspecified atom stereocenters. The number of aromatic nitrogens is 1. The van der Waals surface area contributed by atoms with Crippen LogP contribution in [-0.4, -0.2) is 17.6 Å². The van der Waals surface area contributed by atoms with Crippen molar-refractivity contribution in [3.63, 3.8) is 0 Å². The predicted molar refractivity (Wildman–Crippen MR) is 71.8 cm³/mol. The highest BCUT2D eigenvalue weighted by Crippen LogP contribution is 2.31. The van der Waals surface area contributed by atoms with Crippen LogP contribution in [0.2, 0.25) is 0 Å². The minimum atomic E-state index is 0.720. The van der Waals surface area contributed by atoms with E-state index in [1.807, 2.05) is 12.4 Å². The molecule has 2 heterocycles. The largest absolute Gasteiger partial charge is 0.368 e. The monoisotopic (exact) mass is 282 g/mol. The Labute approximate surface area is 106 Å². The quantitative estimate of drug-likeness (QED) is 0.833. The number of halogens is 1. The summed E-state index contributed by atoms with van der Waals surface area (Å²) in [5.74, 6) is 0. The van der Waals surface area contributed by atoms with Crippen molar-refractivity contribution in [2.75, 3.05) is 11.4 Å². The molecule has 0 aromatic carbocycles. The van der Waals surface area contributed by atoms with E-state index in [0.29, 0.717) is 0 Å². The first-order valence-corrected chi connectivity index (χ1v) is 6.98. The minimum absolute atomic E-state index is 0.720. The van der Waals surface area contributed by atoms with Gasteiger partial charge >= 0.3 is 0 Å². The van der Waals surface area contributed by atoms with Gasteiger partial charge in [-0.15, -0.1) is 0 Å². The van der Waals surface area contributed by atoms with E-state index < -0.39 is 0 Å². The van der Waals surface area contributed by atoms with Crippen LogP contribution in [0.4, 0.5) is 5.69 Å². The Morgan fingerprint density at radius 2 is 2.38 bits per heavy atom. The van der Waals surface area contributed by atoms with Gasteiger partial charge in [0.05, 0.1) is 10.2 Å². The van der Waals surface area contributed by atoms with Crippen molar-refractivity contribution in [3.05, 3.63) is 22.9 Å². The molecule has 0 aliphatic carbocycles. The van der Waals surface area contributed by atoms with Crippen LogP contribution in [0.25, 0.3) is 0 Å². The summed E-state index contributed by atoms with van der Waals surface area (Å²) in [6.45, 7) is 3.46. The zero-order valence-electron chi connectivity index (χ0n) is 9.82. The molecule has 3 heteroatoms. The number of piperidine rings is 1. The van der Waals surface area contributed by atoms with Crippen molar-refractivity contribution >= 4 is 21.6 Å². The Bertz CT molecular complexity index is 338. The third-order valence-corrected chi connectivity index (χ3v) is 3.92. The molecule has 1 atom stereocenters. The van der Waals surface area contributed by atoms with Crippen molar-refractivity contribution in [2.45, 2.75) is 45.1 Å². The number of nitrogens with zero attached hydrogens (tertiary/aromatic N) is 2. The van der Waals surface area contributed by atoms with E-state index in [9.17, 15) is 0 Å². The fraction of sp³-hybridized carbons (Fsp3) is 0.615. The zero-order valence-corrected chi connectivity index (χ0v) is 11.4. The predicted octanol–water partition coefficient (Wildman–Crippen LogP) is 4.00. The van der Waals surface area contributed by atoms with Crippen LogP contribution in [0.3, 0.4) is 0 Å². The van der Waals surface area contributed by atoms with Crippen LogP contribution in [0.1, 0.15) is 39.0 Å². The zero-order chi connectivity index (χ0) is 11.4. The molecule has 2 nitrogen and oxygen atoms in total. The molecule has 0 amide bonds. The molecule has 0 bridgehead atoms. The van der Waals surface area contributed by atoms with Gasteiger partial charge < -0.3 is 4.90 Å². The Balaban J connectivity index is 2.19. The van der Waals surface area contributed by atoms with Crippen molar-refractivity contribution in [1.82, 2.24) is 4.98 Å². The summed E-state index contributed by atoms with van der Waals surface area (Å²) in [5.41, 5.74) is 1.31. The summed E-state index contributed by atoms with van der Waals surface area (Å²) in [7, 11) is 0. The van der Waals surface area contributed by atoms with Crippen molar-refractivity contribution in [3.8, 4) is 0 Å². The van der Waals surface area contributed by atoms with E-state index in [0.717, 1.165) is 10.5 Å². The molecule has 16 heavy (non-hydrogen) atoms. The van der Waals surface area contributed by atoms with E-state index in [1.54, 1.807) is 0 Å². The summed E-state index contributed by atoms with van der Waals surface area (Å²) in [6.07, 6.45) is 10.4. The molecular weight excluding hydrogens is 264 g/mol. The van der Waals surface area contributed by atoms with E-state index in [1.165, 1.54) is 44.3 Å². The second-order valence-electron chi connectivity index (χ2n) is 4.46. The Hall–Kier alpha value is -0.570. The standard InChI is InChI=1S/C13H19BrN2/c1-2-5-11-6-3-4-9-16(11)13-7-8-15-10-12(13)14/h7-8,10-11H,2-6,9H2,1H3. The third kappa shape index (κ3) is 2.57. The molecular formula is C13H19BrN2. The van der Waals surface area contributed by atoms with Gasteiger partial charge in [0.15, 0.2) is 0 Å². The number of hydrogen-bond donors (Lipinski definition) is 0. The van der Waals surface area contributed by atoms with Crippen LogP contribution in [0.15, 0.2) is 22.9 Å². The molecule has 1 fully saturated rings. The summed E-state index contributed by atoms with van der Waals surface area (Å²) in [4.78, 5) is 6.69. The average molecular weight is 283 g/mol. The molecule has 1 saturated heterocycles. The maximum absolute atomic E-state index is 4.14. The first kappa shape index (κ1) is 11.9. The molecule has 0 spiro atoms. The van der Waals surface area contributed by atoms with Crippen molar-refractivity contribution < 1.29 is 0 Å². The smallest absolute Gasteiger partial charge is 0.0592 e. The van der Waals surface area contributed by atoms with Gasteiger partial charge in [-0.1, -0.05) is 13.3 Å². The van der Waals surface area contributed by atoms with Crippen LogP contribution in [-0.2, 0) is 0 Å². The number of pyridine rings is 1. The highest BCUT2D eigenvalue weighted by atomic mass is 79.9. The fourth-order valence-electron chi connectivity index (χ4n) is 2.55. The van der Waals surface area contributed by atoms with Gasteiger partial charge in [0, 0.05) is 25.0 Å². The minimum Gasteiger partial charge on any atom is -0.368 e. The molecule has 0 radical (unpaired) electrons. The molecule has 0 saturated carbocycles. The SMILES string of the molecule is CCCC1CCCCN1c1ccncc1Br. The normalized spacial score (nSPS) is 21.1. The van der Waals surface area contributed by atoms with Crippen molar-refractivity contribution in [1.29, 1.82) is 0 Å². The summed E-state index contributed by atoms with van der Waals surface area (Å²) in [5, 5.41) is 0. The Morgan fingerprint density at radius 1 is 1.50 bits per heavy atom. The molecule has 1 aliphatic heterocycles. The lowest BCUT2D eigenvalue weighted by molar-refractivity contribution is 0.434. The van der Waals surface area contributed by atoms with E-state index in [2.05, 4.69) is 38.8 Å². The van der Waals surface area contributed by atoms with E-state index in [-0.39, 0.29) is 0 Å². The highest BCUT2D eigenvalue weighted by molar-refractivity contribution is 9.10. The van der Waals surface area contributed by atoms with Crippen molar-refractivity contribution in [2.24, 2.45) is 0 Å². The first-order valence-electron chi connectivity index (χ1n) is 6.19. The lowest BCUT2D eigenvalue weighted by Crippen LogP contribution is -2.39. The lowest BCUT2D eigenvalue weighted by Gasteiger charge is -2.38. The van der Waals surface area contributed by atoms with Crippen LogP contribution in [0.5, 0.6) is 0 Å². The van der Waals surface area contributed by atoms with Gasteiger partial charge in [-0.25, -0.2) is 0 Å². The Morgan fingerprint density at radius 3 is 3.12 bits per heavy atom. The van der Waals surface area contributed by atoms with Crippen LogP contribution >= 0.6 is 15.9 Å². The van der Waals surface area contributed by atoms with E-state index in [4.69, 9.17) is 0 Å². The highest BCUT2D eigenvalue weighted by Gasteiger charge is 2.22. The second-order valence-corrected chi connectivity index (χ2v) is 5.31. The maximum atomic E-state index is 4.14. The second kappa shape index (κ2) is 5.67. The molecule has 1 aromatic heterocycles. The molecule has 2 rings (SSSR count). The fourth-order valence-corrected chi connectivity index (χ4v) is 3.03. The van der Waals surface area contributed by atoms with E-state index >= 15 is 0 Å². The number of anilines is 1. The summed E-state index contributed by atoms with van der Waals surface area (Å²) < 4.78 is 1.12. The lowest BCUT2D eigenvalue weighted by atomic mass is 9.97. The van der Waals surface area contributed by atoms with Crippen LogP contribution < -0.4 is 4.90 Å². The maximum Gasteiger partial charge on any atom is 0.0592 e. The summed E-state index contributed by atoms with van der Waals surface area (Å²) >= 11 is 3.61. The number of rotatable bonds is 3. The van der Waals surface area contributed by atoms with Gasteiger partial charge in [-0.05, 0) is 47.7 Å². The van der Waals surface area contributed by atoms with Gasteiger partial charge in [-0.2, -0.15) is 0 Å². The molecule has 88 valence electrons. The first-order chi connectivity index (χ1) is 7.83. The van der Waals surface area contributed by atoms with Crippen LogP contribution in [0, 0.1) is 0 Å². The van der Waals surface area contributed by atoms with Gasteiger partial charge in [-0.3, -0.25) is 4.98 Å². The summed E-state index contributed by atoms with van der Waals surface area (Å²) in [6, 6.07) is 2.84. The third-order valence-electron chi connectivity index (χ3n) is 3.31. The van der Waals surface area contributed by atoms with Gasteiger partial charge in [0.25, 0.3) is 0 Å². The topological polar surface area (TPSA) is 16.1 Å².